The third-order valence-electron chi connectivity index (χ3n) is 5.70. The van der Waals surface area contributed by atoms with E-state index in [1.54, 1.807) is 7.11 Å². The van der Waals surface area contributed by atoms with Crippen LogP contribution in [0.2, 0.25) is 0 Å². The van der Waals surface area contributed by atoms with Crippen LogP contribution in [-0.2, 0) is 4.74 Å². The molecule has 164 valence electrons. The minimum atomic E-state index is -0.922. The van der Waals surface area contributed by atoms with Crippen LogP contribution in [-0.4, -0.2) is 52.8 Å². The van der Waals surface area contributed by atoms with Gasteiger partial charge in [0, 0.05) is 34.5 Å². The lowest BCUT2D eigenvalue weighted by Crippen LogP contribution is -2.33. The lowest BCUT2D eigenvalue weighted by Gasteiger charge is -2.20. The van der Waals surface area contributed by atoms with Crippen molar-refractivity contribution >= 4 is 10.8 Å². The van der Waals surface area contributed by atoms with Gasteiger partial charge in [-0.25, -0.2) is 4.79 Å². The van der Waals surface area contributed by atoms with Crippen LogP contribution in [0.1, 0.15) is 18.2 Å². The monoisotopic (exact) mass is 428 g/mol. The Hall–Kier alpha value is -3.14. The first kappa shape index (κ1) is 21.1. The quantitative estimate of drug-likeness (QED) is 0.560. The average molecular weight is 428 g/mol. The fourth-order valence-electron chi connectivity index (χ4n) is 4.23. The van der Waals surface area contributed by atoms with E-state index in [1.807, 2.05) is 31.2 Å². The first-order chi connectivity index (χ1) is 14.9. The number of rotatable bonds is 5. The van der Waals surface area contributed by atoms with Crippen molar-refractivity contribution in [2.24, 2.45) is 0 Å². The molecule has 1 aromatic heterocycles. The second-order valence-electron chi connectivity index (χ2n) is 7.44. The van der Waals surface area contributed by atoms with Gasteiger partial charge in [-0.3, -0.25) is 14.3 Å². The number of aromatic nitrogens is 2. The molecule has 2 aromatic carbocycles. The van der Waals surface area contributed by atoms with E-state index < -0.39 is 29.7 Å². The molecule has 0 spiro atoms. The van der Waals surface area contributed by atoms with Crippen LogP contribution >= 0.6 is 0 Å². The summed E-state index contributed by atoms with van der Waals surface area (Å²) in [6.07, 6.45) is -1.05. The van der Waals surface area contributed by atoms with Crippen molar-refractivity contribution in [3.8, 4) is 22.6 Å². The molecule has 0 saturated carbocycles. The molecule has 1 aliphatic rings. The van der Waals surface area contributed by atoms with E-state index in [-0.39, 0.29) is 18.6 Å². The standard InChI is InChI=1S/C22H24N2O7/c1-11-18(20(30-3)13-7-5-4-6-12(13)19(11)29-2)14-9-24(22(28)23-21(14)27)17-8-15(26)16(10-25)31-17/h4-7,9,15-17,25-26H,8,10H2,1-3H3,(H,23,27,28)/t15-,16+,17+/m0/s1. The Balaban J connectivity index is 1.98. The lowest BCUT2D eigenvalue weighted by molar-refractivity contribution is -0.0458. The fraction of sp³-hybridized carbons (Fsp3) is 0.364. The van der Waals surface area contributed by atoms with Gasteiger partial charge in [0.15, 0.2) is 0 Å². The predicted molar refractivity (Wildman–Crippen MR) is 114 cm³/mol. The summed E-state index contributed by atoms with van der Waals surface area (Å²) in [5, 5.41) is 21.0. The minimum Gasteiger partial charge on any atom is -0.496 e. The average Bonchev–Trinajstić information content (AvgIpc) is 3.14. The van der Waals surface area contributed by atoms with Crippen LogP contribution in [0.4, 0.5) is 0 Å². The SMILES string of the molecule is COc1c(C)c(-c2cn([C@H]3C[C@H](O)[C@@H](CO)O3)c(=O)[nH]c2=O)c(OC)c2ccccc12. The minimum absolute atomic E-state index is 0.105. The van der Waals surface area contributed by atoms with E-state index in [1.165, 1.54) is 17.9 Å². The summed E-state index contributed by atoms with van der Waals surface area (Å²) in [7, 11) is 3.07. The Bertz CT molecular complexity index is 1250. The van der Waals surface area contributed by atoms with E-state index in [0.717, 1.165) is 10.8 Å². The van der Waals surface area contributed by atoms with Crippen molar-refractivity contribution in [1.29, 1.82) is 0 Å². The van der Waals surface area contributed by atoms with Gasteiger partial charge < -0.3 is 24.4 Å². The summed E-state index contributed by atoms with van der Waals surface area (Å²) in [6.45, 7) is 1.44. The number of nitrogens with one attached hydrogen (secondary N) is 1. The second-order valence-corrected chi connectivity index (χ2v) is 7.44. The molecular weight excluding hydrogens is 404 g/mol. The number of aliphatic hydroxyl groups excluding tert-OH is 2. The predicted octanol–water partition coefficient (Wildman–Crippen LogP) is 1.32. The van der Waals surface area contributed by atoms with Gasteiger partial charge in [-0.15, -0.1) is 0 Å². The Morgan fingerprint density at radius 3 is 2.39 bits per heavy atom. The molecule has 3 N–H and O–H groups in total. The number of H-pyrrole nitrogens is 1. The normalized spacial score (nSPS) is 20.9. The highest BCUT2D eigenvalue weighted by molar-refractivity contribution is 6.01. The summed E-state index contributed by atoms with van der Waals surface area (Å²) in [4.78, 5) is 27.7. The van der Waals surface area contributed by atoms with E-state index in [9.17, 15) is 19.8 Å². The molecule has 0 unspecified atom stereocenters. The summed E-state index contributed by atoms with van der Waals surface area (Å²) >= 11 is 0. The van der Waals surface area contributed by atoms with E-state index >= 15 is 0 Å². The number of nitrogens with zero attached hydrogens (tertiary/aromatic N) is 1. The third kappa shape index (κ3) is 3.40. The maximum absolute atomic E-state index is 12.9. The Morgan fingerprint density at radius 1 is 1.16 bits per heavy atom. The molecule has 0 aliphatic carbocycles. The van der Waals surface area contributed by atoms with Crippen molar-refractivity contribution in [3.63, 3.8) is 0 Å². The van der Waals surface area contributed by atoms with Gasteiger partial charge in [-0.05, 0) is 6.92 Å². The molecule has 31 heavy (non-hydrogen) atoms. The van der Waals surface area contributed by atoms with Crippen molar-refractivity contribution in [2.75, 3.05) is 20.8 Å². The van der Waals surface area contributed by atoms with Gasteiger partial charge in [0.2, 0.25) is 0 Å². The summed E-state index contributed by atoms with van der Waals surface area (Å²) in [5.41, 5.74) is 0.106. The molecule has 9 nitrogen and oxygen atoms in total. The van der Waals surface area contributed by atoms with Crippen molar-refractivity contribution in [1.82, 2.24) is 9.55 Å². The topological polar surface area (TPSA) is 123 Å². The van der Waals surface area contributed by atoms with Gasteiger partial charge in [-0.2, -0.15) is 0 Å². The molecule has 1 fully saturated rings. The summed E-state index contributed by atoms with van der Waals surface area (Å²) in [5.74, 6) is 1.07. The van der Waals surface area contributed by atoms with E-state index in [4.69, 9.17) is 14.2 Å². The Morgan fingerprint density at radius 2 is 1.81 bits per heavy atom. The number of aromatic amines is 1. The molecule has 4 rings (SSSR count). The summed E-state index contributed by atoms with van der Waals surface area (Å²) < 4.78 is 18.2. The molecule has 0 amide bonds. The molecule has 3 aromatic rings. The van der Waals surface area contributed by atoms with Gasteiger partial charge in [0.25, 0.3) is 5.56 Å². The zero-order valence-corrected chi connectivity index (χ0v) is 17.4. The molecule has 0 radical (unpaired) electrons. The van der Waals surface area contributed by atoms with Crippen molar-refractivity contribution in [3.05, 3.63) is 56.9 Å². The van der Waals surface area contributed by atoms with Crippen LogP contribution in [0.15, 0.2) is 40.1 Å². The third-order valence-corrected chi connectivity index (χ3v) is 5.70. The smallest absolute Gasteiger partial charge is 0.330 e. The molecule has 2 heterocycles. The highest BCUT2D eigenvalue weighted by atomic mass is 16.5. The zero-order chi connectivity index (χ0) is 22.3. The van der Waals surface area contributed by atoms with Crippen LogP contribution < -0.4 is 20.7 Å². The number of benzene rings is 2. The first-order valence-electron chi connectivity index (χ1n) is 9.84. The number of hydrogen-bond acceptors (Lipinski definition) is 7. The number of methoxy groups -OCH3 is 2. The molecule has 1 saturated heterocycles. The van der Waals surface area contributed by atoms with Crippen molar-refractivity contribution in [2.45, 2.75) is 31.8 Å². The zero-order valence-electron chi connectivity index (χ0n) is 17.4. The van der Waals surface area contributed by atoms with E-state index in [2.05, 4.69) is 4.98 Å². The molecular formula is C22H24N2O7. The van der Waals surface area contributed by atoms with Crippen LogP contribution in [0.25, 0.3) is 21.9 Å². The van der Waals surface area contributed by atoms with Crippen molar-refractivity contribution < 1.29 is 24.4 Å². The number of aliphatic hydroxyl groups is 2. The Labute approximate surface area is 177 Å². The molecule has 9 heteroatoms. The number of hydrogen-bond donors (Lipinski definition) is 3. The van der Waals surface area contributed by atoms with Crippen LogP contribution in [0.5, 0.6) is 11.5 Å². The number of ether oxygens (including phenoxy) is 3. The second kappa shape index (κ2) is 8.18. The largest absolute Gasteiger partial charge is 0.496 e. The van der Waals surface area contributed by atoms with Gasteiger partial charge >= 0.3 is 5.69 Å². The van der Waals surface area contributed by atoms with Crippen LogP contribution in [0.3, 0.4) is 0 Å². The van der Waals surface area contributed by atoms with Gasteiger partial charge in [0.05, 0.1) is 32.5 Å². The van der Waals surface area contributed by atoms with Gasteiger partial charge in [0.1, 0.15) is 23.8 Å². The highest BCUT2D eigenvalue weighted by Crippen LogP contribution is 2.44. The molecule has 3 atom stereocenters. The fourth-order valence-corrected chi connectivity index (χ4v) is 4.23. The highest BCUT2D eigenvalue weighted by Gasteiger charge is 2.35. The maximum Gasteiger partial charge on any atom is 0.330 e. The van der Waals surface area contributed by atoms with Crippen LogP contribution in [0, 0.1) is 6.92 Å². The van der Waals surface area contributed by atoms with E-state index in [0.29, 0.717) is 22.6 Å². The Kier molecular flexibility index (Phi) is 5.57. The molecule has 1 aliphatic heterocycles. The number of fused-ring (bicyclic) bond motifs is 1. The first-order valence-corrected chi connectivity index (χ1v) is 9.84. The van der Waals surface area contributed by atoms with Gasteiger partial charge in [-0.1, -0.05) is 24.3 Å². The molecule has 0 bridgehead atoms. The summed E-state index contributed by atoms with van der Waals surface area (Å²) in [6, 6.07) is 7.52. The maximum atomic E-state index is 12.9. The lowest BCUT2D eigenvalue weighted by atomic mass is 9.95.